The number of rotatable bonds is 5. The lowest BCUT2D eigenvalue weighted by Crippen LogP contribution is -2.15. The Morgan fingerprint density at radius 1 is 1.26 bits per heavy atom. The average Bonchev–Trinajstić information content (AvgIpc) is 2.25. The molecule has 1 aromatic carbocycles. The van der Waals surface area contributed by atoms with Crippen molar-refractivity contribution in [2.24, 2.45) is 0 Å². The fraction of sp³-hybridized carbons (Fsp3) is 0.462. The topological polar surface area (TPSA) is 91.7 Å². The second kappa shape index (κ2) is 5.71. The van der Waals surface area contributed by atoms with Crippen LogP contribution in [0.15, 0.2) is 17.0 Å². The van der Waals surface area contributed by atoms with E-state index in [9.17, 15) is 13.2 Å². The third-order valence-corrected chi connectivity index (χ3v) is 4.77. The van der Waals surface area contributed by atoms with Crippen molar-refractivity contribution in [1.82, 2.24) is 0 Å². The highest BCUT2D eigenvalue weighted by molar-refractivity contribution is 7.91. The Hall–Kier alpha value is -1.40. The molecule has 1 rings (SSSR count). The smallest absolute Gasteiger partial charge is 0.335 e. The van der Waals surface area contributed by atoms with Gasteiger partial charge < -0.3 is 10.2 Å². The molecule has 0 saturated carbocycles. The molecule has 2 N–H and O–H groups in total. The lowest BCUT2D eigenvalue weighted by Gasteiger charge is -2.11. The summed E-state index contributed by atoms with van der Waals surface area (Å²) in [4.78, 5) is 11.1. The number of aryl methyl sites for hydroxylation is 2. The van der Waals surface area contributed by atoms with E-state index in [1.807, 2.05) is 0 Å². The molecule has 0 aliphatic heterocycles. The van der Waals surface area contributed by atoms with Gasteiger partial charge >= 0.3 is 5.97 Å². The van der Waals surface area contributed by atoms with Gasteiger partial charge in [0.15, 0.2) is 9.84 Å². The summed E-state index contributed by atoms with van der Waals surface area (Å²) in [5, 5.41) is 18.2. The summed E-state index contributed by atoms with van der Waals surface area (Å²) >= 11 is 0. The van der Waals surface area contributed by atoms with Gasteiger partial charge in [0.25, 0.3) is 0 Å². The molecule has 0 amide bonds. The van der Waals surface area contributed by atoms with Crippen LogP contribution in [0.4, 0.5) is 0 Å². The van der Waals surface area contributed by atoms with Gasteiger partial charge in [0.2, 0.25) is 0 Å². The molecule has 19 heavy (non-hydrogen) atoms. The van der Waals surface area contributed by atoms with Crippen LogP contribution in [0, 0.1) is 13.8 Å². The molecule has 0 fully saturated rings. The van der Waals surface area contributed by atoms with Crippen LogP contribution in [0.3, 0.4) is 0 Å². The molecule has 6 heteroatoms. The molecular weight excluding hydrogens is 268 g/mol. The molecule has 106 valence electrons. The number of sulfone groups is 1. The highest BCUT2D eigenvalue weighted by Crippen LogP contribution is 2.22. The molecule has 0 aromatic heterocycles. The van der Waals surface area contributed by atoms with E-state index in [4.69, 9.17) is 10.2 Å². The highest BCUT2D eigenvalue weighted by Gasteiger charge is 2.21. The number of carboxylic acids is 1. The van der Waals surface area contributed by atoms with E-state index in [-0.39, 0.29) is 22.6 Å². The van der Waals surface area contributed by atoms with E-state index >= 15 is 0 Å². The van der Waals surface area contributed by atoms with E-state index in [1.54, 1.807) is 19.9 Å². The number of carboxylic acid groups (broad SMARTS) is 1. The third kappa shape index (κ3) is 3.78. The van der Waals surface area contributed by atoms with E-state index in [1.165, 1.54) is 13.0 Å². The van der Waals surface area contributed by atoms with Gasteiger partial charge in [0.1, 0.15) is 0 Å². The van der Waals surface area contributed by atoms with Crippen LogP contribution < -0.4 is 0 Å². The van der Waals surface area contributed by atoms with Gasteiger partial charge in [-0.15, -0.1) is 0 Å². The lowest BCUT2D eigenvalue weighted by molar-refractivity contribution is 0.0696. The molecule has 0 aliphatic carbocycles. The number of carbonyl (C=O) groups is 1. The number of aliphatic hydroxyl groups excluding tert-OH is 1. The molecule has 1 aromatic rings. The first-order valence-corrected chi connectivity index (χ1v) is 7.55. The standard InChI is InChI=1S/C13H18O5S/c1-8-6-9(2)12(7-11(8)13(15)16)19(17,18)5-4-10(3)14/h6-7,10,14H,4-5H2,1-3H3,(H,15,16). The molecule has 5 nitrogen and oxygen atoms in total. The molecular formula is C13H18O5S. The number of hydrogen-bond donors (Lipinski definition) is 2. The minimum absolute atomic E-state index is 0.0128. The van der Waals surface area contributed by atoms with Crippen LogP contribution in [0.5, 0.6) is 0 Å². The fourth-order valence-corrected chi connectivity index (χ4v) is 3.55. The third-order valence-electron chi connectivity index (χ3n) is 2.89. The maximum Gasteiger partial charge on any atom is 0.335 e. The fourth-order valence-electron chi connectivity index (χ4n) is 1.83. The number of benzene rings is 1. The second-order valence-corrected chi connectivity index (χ2v) is 6.77. The Bertz CT molecular complexity index is 587. The van der Waals surface area contributed by atoms with Crippen LogP contribution in [-0.4, -0.2) is 36.5 Å². The highest BCUT2D eigenvalue weighted by atomic mass is 32.2. The van der Waals surface area contributed by atoms with Crippen molar-refractivity contribution < 1.29 is 23.4 Å². The van der Waals surface area contributed by atoms with Crippen molar-refractivity contribution in [2.75, 3.05) is 5.75 Å². The monoisotopic (exact) mass is 286 g/mol. The predicted molar refractivity (Wildman–Crippen MR) is 71.2 cm³/mol. The van der Waals surface area contributed by atoms with E-state index in [0.717, 1.165) is 0 Å². The maximum absolute atomic E-state index is 12.1. The second-order valence-electron chi connectivity index (χ2n) is 4.69. The first kappa shape index (κ1) is 15.7. The molecule has 1 unspecified atom stereocenters. The van der Waals surface area contributed by atoms with Crippen molar-refractivity contribution >= 4 is 15.8 Å². The SMILES string of the molecule is Cc1cc(C)c(S(=O)(=O)CCC(C)O)cc1C(=O)O. The number of aliphatic hydroxyl groups is 1. The molecule has 0 spiro atoms. The minimum Gasteiger partial charge on any atom is -0.478 e. The van der Waals surface area contributed by atoms with Gasteiger partial charge in [-0.25, -0.2) is 13.2 Å². The molecule has 0 heterocycles. The van der Waals surface area contributed by atoms with Crippen molar-refractivity contribution in [3.05, 3.63) is 28.8 Å². The van der Waals surface area contributed by atoms with Gasteiger partial charge in [-0.1, -0.05) is 6.07 Å². The van der Waals surface area contributed by atoms with E-state index < -0.39 is 21.9 Å². The zero-order valence-corrected chi connectivity index (χ0v) is 12.0. The zero-order chi connectivity index (χ0) is 14.8. The Morgan fingerprint density at radius 3 is 2.32 bits per heavy atom. The quantitative estimate of drug-likeness (QED) is 0.856. The van der Waals surface area contributed by atoms with Gasteiger partial charge in [-0.2, -0.15) is 0 Å². The summed E-state index contributed by atoms with van der Waals surface area (Å²) in [6, 6.07) is 2.75. The molecule has 0 saturated heterocycles. The summed E-state index contributed by atoms with van der Waals surface area (Å²) in [5.74, 6) is -1.35. The molecule has 0 bridgehead atoms. The van der Waals surface area contributed by atoms with Gasteiger partial charge in [0.05, 0.1) is 22.3 Å². The predicted octanol–water partition coefficient (Wildman–Crippen LogP) is 1.55. The minimum atomic E-state index is -3.58. The zero-order valence-electron chi connectivity index (χ0n) is 11.2. The summed E-state index contributed by atoms with van der Waals surface area (Å²) in [6.07, 6.45) is -0.586. The van der Waals surface area contributed by atoms with Crippen molar-refractivity contribution in [3.63, 3.8) is 0 Å². The van der Waals surface area contributed by atoms with Crippen LogP contribution in [0.25, 0.3) is 0 Å². The van der Waals surface area contributed by atoms with E-state index in [2.05, 4.69) is 0 Å². The Kier molecular flexibility index (Phi) is 4.70. The van der Waals surface area contributed by atoms with Crippen molar-refractivity contribution in [3.8, 4) is 0 Å². The number of hydrogen-bond acceptors (Lipinski definition) is 4. The Labute approximate surface area is 112 Å². The molecule has 0 radical (unpaired) electrons. The Morgan fingerprint density at radius 2 is 1.84 bits per heavy atom. The molecule has 1 atom stereocenters. The van der Waals surface area contributed by atoms with E-state index in [0.29, 0.717) is 11.1 Å². The Balaban J connectivity index is 3.27. The first-order valence-electron chi connectivity index (χ1n) is 5.90. The van der Waals surface area contributed by atoms with Crippen molar-refractivity contribution in [1.29, 1.82) is 0 Å². The summed E-state index contributed by atoms with van der Waals surface area (Å²) < 4.78 is 24.3. The molecule has 0 aliphatic rings. The number of aromatic carboxylic acids is 1. The lowest BCUT2D eigenvalue weighted by atomic mass is 10.1. The van der Waals surface area contributed by atoms with Crippen LogP contribution in [-0.2, 0) is 9.84 Å². The van der Waals surface area contributed by atoms with Crippen LogP contribution >= 0.6 is 0 Å². The summed E-state index contributed by atoms with van der Waals surface area (Å²) in [6.45, 7) is 4.77. The van der Waals surface area contributed by atoms with Gasteiger partial charge in [-0.3, -0.25) is 0 Å². The normalized spacial score (nSPS) is 13.3. The first-order chi connectivity index (χ1) is 8.65. The van der Waals surface area contributed by atoms with Crippen molar-refractivity contribution in [2.45, 2.75) is 38.2 Å². The van der Waals surface area contributed by atoms with Crippen LogP contribution in [0.2, 0.25) is 0 Å². The summed E-state index contributed by atoms with van der Waals surface area (Å²) in [5.41, 5.74) is 1.04. The van der Waals surface area contributed by atoms with Crippen LogP contribution in [0.1, 0.15) is 34.8 Å². The maximum atomic E-state index is 12.1. The largest absolute Gasteiger partial charge is 0.478 e. The summed E-state index contributed by atoms with van der Waals surface area (Å²) in [7, 11) is -3.58. The van der Waals surface area contributed by atoms with Gasteiger partial charge in [-0.05, 0) is 44.4 Å². The van der Waals surface area contributed by atoms with Gasteiger partial charge in [0, 0.05) is 0 Å². The average molecular weight is 286 g/mol.